The maximum Gasteiger partial charge on any atom is 0.310 e. The molecule has 1 saturated heterocycles. The van der Waals surface area contributed by atoms with Crippen LogP contribution in [-0.4, -0.2) is 25.7 Å². The van der Waals surface area contributed by atoms with Gasteiger partial charge in [0.25, 0.3) is 0 Å². The maximum atomic E-state index is 11.3. The Morgan fingerprint density at radius 1 is 1.58 bits per heavy atom. The van der Waals surface area contributed by atoms with Crippen LogP contribution in [0.15, 0.2) is 12.2 Å². The van der Waals surface area contributed by atoms with E-state index in [4.69, 9.17) is 4.74 Å². The van der Waals surface area contributed by atoms with E-state index < -0.39 is 0 Å². The predicted molar refractivity (Wildman–Crippen MR) is 44.5 cm³/mol. The molecule has 2 bridgehead atoms. The van der Waals surface area contributed by atoms with Crippen molar-refractivity contribution in [2.45, 2.75) is 12.5 Å². The number of piperidine rings is 1. The van der Waals surface area contributed by atoms with E-state index in [9.17, 15) is 4.79 Å². The number of hydrogen-bond acceptors (Lipinski definition) is 3. The summed E-state index contributed by atoms with van der Waals surface area (Å²) in [4.78, 5) is 11.3. The van der Waals surface area contributed by atoms with Crippen molar-refractivity contribution in [3.05, 3.63) is 12.2 Å². The van der Waals surface area contributed by atoms with Crippen molar-refractivity contribution in [2.24, 2.45) is 11.8 Å². The summed E-state index contributed by atoms with van der Waals surface area (Å²) in [6.07, 6.45) is 5.22. The first kappa shape index (κ1) is 7.80. The molecule has 0 aromatic carbocycles. The lowest BCUT2D eigenvalue weighted by molar-refractivity contribution is -0.147. The van der Waals surface area contributed by atoms with Gasteiger partial charge in [0, 0.05) is 12.6 Å². The Morgan fingerprint density at radius 2 is 2.42 bits per heavy atom. The highest BCUT2D eigenvalue weighted by Crippen LogP contribution is 2.28. The fraction of sp³-hybridized carbons (Fsp3) is 0.667. The lowest BCUT2D eigenvalue weighted by atomic mass is 9.79. The average Bonchev–Trinajstić information content (AvgIpc) is 2.18. The van der Waals surface area contributed by atoms with Gasteiger partial charge in [0.05, 0.1) is 13.0 Å². The monoisotopic (exact) mass is 167 g/mol. The van der Waals surface area contributed by atoms with Gasteiger partial charge in [-0.3, -0.25) is 4.79 Å². The first-order valence-electron chi connectivity index (χ1n) is 4.31. The van der Waals surface area contributed by atoms with Crippen molar-refractivity contribution < 1.29 is 9.53 Å². The van der Waals surface area contributed by atoms with Crippen LogP contribution in [0.4, 0.5) is 0 Å². The van der Waals surface area contributed by atoms with Crippen LogP contribution in [0.3, 0.4) is 0 Å². The Labute approximate surface area is 71.8 Å². The maximum absolute atomic E-state index is 11.3. The van der Waals surface area contributed by atoms with Crippen molar-refractivity contribution >= 4 is 5.97 Å². The van der Waals surface area contributed by atoms with Gasteiger partial charge in [0.1, 0.15) is 0 Å². The molecule has 0 aromatic rings. The molecule has 3 heteroatoms. The fourth-order valence-electron chi connectivity index (χ4n) is 2.01. The zero-order valence-corrected chi connectivity index (χ0v) is 7.12. The molecule has 1 aliphatic carbocycles. The molecule has 1 N–H and O–H groups in total. The molecule has 2 heterocycles. The number of fused-ring (bicyclic) bond motifs is 2. The Hall–Kier alpha value is -0.830. The van der Waals surface area contributed by atoms with Gasteiger partial charge in [-0.15, -0.1) is 0 Å². The fourth-order valence-corrected chi connectivity index (χ4v) is 2.01. The van der Waals surface area contributed by atoms with Gasteiger partial charge in [0.15, 0.2) is 0 Å². The molecule has 3 rings (SSSR count). The number of nitrogens with one attached hydrogen (secondary N) is 1. The van der Waals surface area contributed by atoms with Crippen LogP contribution in [0.25, 0.3) is 0 Å². The third-order valence-electron chi connectivity index (χ3n) is 2.70. The Balaban J connectivity index is 2.11. The second-order valence-electron chi connectivity index (χ2n) is 3.44. The van der Waals surface area contributed by atoms with Crippen molar-refractivity contribution in [3.63, 3.8) is 0 Å². The molecule has 1 unspecified atom stereocenters. The molecular formula is C9H13NO2. The zero-order chi connectivity index (χ0) is 8.55. The Morgan fingerprint density at radius 3 is 2.83 bits per heavy atom. The third kappa shape index (κ3) is 1.14. The first-order chi connectivity index (χ1) is 5.81. The van der Waals surface area contributed by atoms with Crippen molar-refractivity contribution in [1.29, 1.82) is 0 Å². The first-order valence-corrected chi connectivity index (χ1v) is 4.31. The van der Waals surface area contributed by atoms with Gasteiger partial charge >= 0.3 is 5.97 Å². The van der Waals surface area contributed by atoms with Gasteiger partial charge in [-0.25, -0.2) is 0 Å². The number of ether oxygens (including phenoxy) is 1. The Kier molecular flexibility index (Phi) is 1.89. The van der Waals surface area contributed by atoms with Crippen LogP contribution in [0.2, 0.25) is 0 Å². The summed E-state index contributed by atoms with van der Waals surface area (Å²) in [6.45, 7) is 1.01. The van der Waals surface area contributed by atoms with Crippen molar-refractivity contribution in [3.8, 4) is 0 Å². The zero-order valence-electron chi connectivity index (χ0n) is 7.12. The summed E-state index contributed by atoms with van der Waals surface area (Å²) in [5.41, 5.74) is 0. The minimum Gasteiger partial charge on any atom is -0.469 e. The van der Waals surface area contributed by atoms with Crippen LogP contribution in [-0.2, 0) is 9.53 Å². The molecule has 2 aliphatic heterocycles. The highest BCUT2D eigenvalue weighted by atomic mass is 16.5. The van der Waals surface area contributed by atoms with Gasteiger partial charge in [-0.2, -0.15) is 0 Å². The molecule has 3 atom stereocenters. The molecule has 0 amide bonds. The van der Waals surface area contributed by atoms with E-state index in [-0.39, 0.29) is 17.9 Å². The van der Waals surface area contributed by atoms with Crippen LogP contribution < -0.4 is 5.32 Å². The Bertz CT molecular complexity index is 225. The number of esters is 1. The lowest BCUT2D eigenvalue weighted by Gasteiger charge is -2.37. The largest absolute Gasteiger partial charge is 0.469 e. The molecule has 3 nitrogen and oxygen atoms in total. The standard InChI is InChI=1S/C9H13NO2/c1-12-9(11)7-4-6-2-3-8(7)10-5-6/h2-3,6-8,10H,4-5H2,1H3/t6-,7?,8+/m0/s1. The molecule has 66 valence electrons. The van der Waals surface area contributed by atoms with Crippen molar-refractivity contribution in [1.82, 2.24) is 5.32 Å². The van der Waals surface area contributed by atoms with E-state index in [1.54, 1.807) is 0 Å². The summed E-state index contributed by atoms with van der Waals surface area (Å²) < 4.78 is 4.73. The van der Waals surface area contributed by atoms with Crippen LogP contribution in [0.5, 0.6) is 0 Å². The average molecular weight is 167 g/mol. The number of methoxy groups -OCH3 is 1. The van der Waals surface area contributed by atoms with Crippen LogP contribution in [0, 0.1) is 11.8 Å². The summed E-state index contributed by atoms with van der Waals surface area (Å²) in [5, 5.41) is 3.30. The molecule has 0 radical (unpaired) electrons. The van der Waals surface area contributed by atoms with E-state index in [1.165, 1.54) is 7.11 Å². The van der Waals surface area contributed by atoms with E-state index in [2.05, 4.69) is 17.5 Å². The SMILES string of the molecule is COC(=O)C1C[C@@H]2C=C[C@H]1NC2. The molecular weight excluding hydrogens is 154 g/mol. The molecule has 0 aromatic heterocycles. The molecule has 1 fully saturated rings. The van der Waals surface area contributed by atoms with Gasteiger partial charge in [-0.05, 0) is 12.3 Å². The summed E-state index contributed by atoms with van der Waals surface area (Å²) >= 11 is 0. The minimum absolute atomic E-state index is 0.0405. The lowest BCUT2D eigenvalue weighted by Crippen LogP contribution is -2.50. The number of rotatable bonds is 1. The number of hydrogen-bond donors (Lipinski definition) is 1. The van der Waals surface area contributed by atoms with E-state index in [0.717, 1.165) is 13.0 Å². The number of carbonyl (C=O) groups excluding carboxylic acids is 1. The van der Waals surface area contributed by atoms with E-state index in [1.807, 2.05) is 0 Å². The van der Waals surface area contributed by atoms with Crippen LogP contribution >= 0.6 is 0 Å². The third-order valence-corrected chi connectivity index (χ3v) is 2.70. The van der Waals surface area contributed by atoms with E-state index >= 15 is 0 Å². The normalized spacial score (nSPS) is 38.2. The van der Waals surface area contributed by atoms with E-state index in [0.29, 0.717) is 5.92 Å². The molecule has 0 saturated carbocycles. The second kappa shape index (κ2) is 2.90. The summed E-state index contributed by atoms with van der Waals surface area (Å²) in [6, 6.07) is 0.211. The quantitative estimate of drug-likeness (QED) is 0.451. The second-order valence-corrected chi connectivity index (χ2v) is 3.44. The van der Waals surface area contributed by atoms with Crippen molar-refractivity contribution in [2.75, 3.05) is 13.7 Å². The molecule has 0 spiro atoms. The summed E-state index contributed by atoms with van der Waals surface area (Å²) in [7, 11) is 1.45. The van der Waals surface area contributed by atoms with Crippen LogP contribution in [0.1, 0.15) is 6.42 Å². The minimum atomic E-state index is -0.0819. The molecule has 12 heavy (non-hydrogen) atoms. The summed E-state index contributed by atoms with van der Waals surface area (Å²) in [5.74, 6) is 0.486. The highest BCUT2D eigenvalue weighted by molar-refractivity contribution is 5.74. The predicted octanol–water partition coefficient (Wildman–Crippen LogP) is 0.323. The van der Waals surface area contributed by atoms with Gasteiger partial charge in [-0.1, -0.05) is 12.2 Å². The van der Waals surface area contributed by atoms with Gasteiger partial charge in [0.2, 0.25) is 0 Å². The smallest absolute Gasteiger partial charge is 0.310 e. The number of carbonyl (C=O) groups is 1. The topological polar surface area (TPSA) is 38.3 Å². The highest BCUT2D eigenvalue weighted by Gasteiger charge is 2.36. The molecule has 3 aliphatic rings. The van der Waals surface area contributed by atoms with Gasteiger partial charge < -0.3 is 10.1 Å².